The Bertz CT molecular complexity index is 1080. The van der Waals surface area contributed by atoms with Crippen molar-refractivity contribution in [2.75, 3.05) is 51.9 Å². The Kier molecular flexibility index (Phi) is 8.21. The van der Waals surface area contributed by atoms with E-state index in [0.717, 1.165) is 55.1 Å². The Morgan fingerprint density at radius 2 is 1.71 bits per heavy atom. The molecule has 178 valence electrons. The maximum atomic E-state index is 11.9. The number of amides is 1. The number of hydroxylamine groups is 1. The molecule has 1 amide bonds. The van der Waals surface area contributed by atoms with Crippen molar-refractivity contribution in [3.63, 3.8) is 0 Å². The number of nitrogens with zero attached hydrogens (tertiary/aromatic N) is 2. The van der Waals surface area contributed by atoms with Crippen LogP contribution in [-0.2, 0) is 16.0 Å². The minimum Gasteiger partial charge on any atom is -0.383 e. The van der Waals surface area contributed by atoms with Gasteiger partial charge in [-0.2, -0.15) is 0 Å². The number of ether oxygens (including phenoxy) is 2. The van der Waals surface area contributed by atoms with Crippen LogP contribution in [0.5, 0.6) is 0 Å². The number of carbonyl (C=O) groups excluding carboxylic acids is 1. The summed E-state index contributed by atoms with van der Waals surface area (Å²) in [5, 5.41) is 12.2. The first-order chi connectivity index (χ1) is 16.7. The Morgan fingerprint density at radius 1 is 1.06 bits per heavy atom. The van der Waals surface area contributed by atoms with Gasteiger partial charge < -0.3 is 14.8 Å². The number of morpholine rings is 1. The first-order valence-corrected chi connectivity index (χ1v) is 11.3. The second kappa shape index (κ2) is 11.7. The number of rotatable bonds is 9. The van der Waals surface area contributed by atoms with Crippen molar-refractivity contribution >= 4 is 11.7 Å². The van der Waals surface area contributed by atoms with E-state index in [9.17, 15) is 4.79 Å². The fourth-order valence-corrected chi connectivity index (χ4v) is 3.95. The van der Waals surface area contributed by atoms with Crippen LogP contribution in [0.2, 0.25) is 0 Å². The lowest BCUT2D eigenvalue weighted by Gasteiger charge is -2.26. The van der Waals surface area contributed by atoms with Gasteiger partial charge in [-0.15, -0.1) is 0 Å². The van der Waals surface area contributed by atoms with Crippen molar-refractivity contribution in [2.24, 2.45) is 0 Å². The summed E-state index contributed by atoms with van der Waals surface area (Å²) in [6.07, 6.45) is 1.43. The molecule has 0 aliphatic carbocycles. The monoisotopic (exact) mass is 462 g/mol. The Balaban J connectivity index is 1.52. The van der Waals surface area contributed by atoms with E-state index in [1.807, 2.05) is 12.1 Å². The average molecular weight is 463 g/mol. The molecule has 34 heavy (non-hydrogen) atoms. The molecule has 1 aliphatic heterocycles. The van der Waals surface area contributed by atoms with Gasteiger partial charge in [0.2, 0.25) is 0 Å². The summed E-state index contributed by atoms with van der Waals surface area (Å²) < 4.78 is 10.5. The number of benzene rings is 2. The highest BCUT2D eigenvalue weighted by Gasteiger charge is 2.13. The van der Waals surface area contributed by atoms with Gasteiger partial charge in [0.1, 0.15) is 5.82 Å². The van der Waals surface area contributed by atoms with Crippen molar-refractivity contribution in [2.45, 2.75) is 6.54 Å². The molecule has 2 aromatic carbocycles. The van der Waals surface area contributed by atoms with Crippen LogP contribution in [0.4, 0.5) is 5.82 Å². The lowest BCUT2D eigenvalue weighted by molar-refractivity contribution is 0.0342. The van der Waals surface area contributed by atoms with Gasteiger partial charge in [0.15, 0.2) is 0 Å². The summed E-state index contributed by atoms with van der Waals surface area (Å²) in [6.45, 7) is 5.60. The van der Waals surface area contributed by atoms with Crippen LogP contribution < -0.4 is 10.8 Å². The molecule has 1 aromatic heterocycles. The normalized spacial score (nSPS) is 14.1. The maximum absolute atomic E-state index is 11.9. The molecule has 3 aromatic rings. The van der Waals surface area contributed by atoms with Crippen LogP contribution >= 0.6 is 0 Å². The first-order valence-electron chi connectivity index (χ1n) is 11.3. The van der Waals surface area contributed by atoms with Gasteiger partial charge in [0, 0.05) is 45.0 Å². The molecule has 8 heteroatoms. The number of pyridine rings is 1. The van der Waals surface area contributed by atoms with E-state index < -0.39 is 5.91 Å². The molecule has 2 heterocycles. The second-order valence-corrected chi connectivity index (χ2v) is 8.14. The minimum absolute atomic E-state index is 0.273. The van der Waals surface area contributed by atoms with E-state index in [1.165, 1.54) is 11.8 Å². The van der Waals surface area contributed by atoms with E-state index in [1.54, 1.807) is 18.7 Å². The summed E-state index contributed by atoms with van der Waals surface area (Å²) in [5.41, 5.74) is 7.15. The molecule has 4 rings (SSSR count). The van der Waals surface area contributed by atoms with Crippen LogP contribution in [0.25, 0.3) is 22.3 Å². The predicted octanol–water partition coefficient (Wildman–Crippen LogP) is 3.43. The van der Waals surface area contributed by atoms with E-state index in [4.69, 9.17) is 14.7 Å². The first kappa shape index (κ1) is 23.8. The number of hydrogen-bond donors (Lipinski definition) is 3. The maximum Gasteiger partial charge on any atom is 0.276 e. The molecule has 0 spiro atoms. The molecule has 1 aliphatic rings. The number of methoxy groups -OCH3 is 1. The highest BCUT2D eigenvalue weighted by atomic mass is 16.5. The zero-order valence-corrected chi connectivity index (χ0v) is 19.3. The Morgan fingerprint density at radius 3 is 2.35 bits per heavy atom. The van der Waals surface area contributed by atoms with Crippen molar-refractivity contribution in [3.8, 4) is 22.3 Å². The summed E-state index contributed by atoms with van der Waals surface area (Å²) in [5.74, 6) is 0.0396. The minimum atomic E-state index is -0.606. The van der Waals surface area contributed by atoms with Crippen LogP contribution in [0.3, 0.4) is 0 Å². The molecule has 1 fully saturated rings. The Hall–Kier alpha value is -3.30. The van der Waals surface area contributed by atoms with Crippen molar-refractivity contribution in [1.82, 2.24) is 15.4 Å². The number of anilines is 1. The molecule has 1 saturated heterocycles. The second-order valence-electron chi connectivity index (χ2n) is 8.14. The quantitative estimate of drug-likeness (QED) is 0.255. The molecule has 0 radical (unpaired) electrons. The third-order valence-corrected chi connectivity index (χ3v) is 5.84. The van der Waals surface area contributed by atoms with Gasteiger partial charge >= 0.3 is 0 Å². The number of carbonyl (C=O) groups is 1. The molecule has 8 nitrogen and oxygen atoms in total. The lowest BCUT2D eigenvalue weighted by Crippen LogP contribution is -2.35. The fraction of sp³-hybridized carbons (Fsp3) is 0.308. The summed E-state index contributed by atoms with van der Waals surface area (Å²) in [4.78, 5) is 18.7. The Labute approximate surface area is 199 Å². The highest BCUT2D eigenvalue weighted by Crippen LogP contribution is 2.30. The molecule has 0 saturated carbocycles. The van der Waals surface area contributed by atoms with E-state index in [2.05, 4.69) is 51.6 Å². The van der Waals surface area contributed by atoms with Crippen molar-refractivity contribution in [1.29, 1.82) is 0 Å². The largest absolute Gasteiger partial charge is 0.383 e. The number of hydrogen-bond acceptors (Lipinski definition) is 7. The smallest absolute Gasteiger partial charge is 0.276 e. The zero-order chi connectivity index (χ0) is 23.8. The highest BCUT2D eigenvalue weighted by molar-refractivity contribution is 5.95. The van der Waals surface area contributed by atoms with Crippen LogP contribution in [0.15, 0.2) is 60.8 Å². The van der Waals surface area contributed by atoms with Gasteiger partial charge in [-0.25, -0.2) is 10.5 Å². The van der Waals surface area contributed by atoms with E-state index in [-0.39, 0.29) is 5.56 Å². The van der Waals surface area contributed by atoms with Crippen molar-refractivity contribution in [3.05, 3.63) is 71.9 Å². The lowest BCUT2D eigenvalue weighted by atomic mass is 9.99. The van der Waals surface area contributed by atoms with Gasteiger partial charge in [-0.3, -0.25) is 14.9 Å². The molecule has 0 atom stereocenters. The molecule has 0 unspecified atom stereocenters. The van der Waals surface area contributed by atoms with Crippen LogP contribution in [-0.4, -0.2) is 67.6 Å². The summed E-state index contributed by atoms with van der Waals surface area (Å²) >= 11 is 0. The third kappa shape index (κ3) is 5.98. The summed E-state index contributed by atoms with van der Waals surface area (Å²) in [7, 11) is 1.64. The standard InChI is InChI=1S/C26H30N4O4/c1-33-13-10-27-25-24(16-23(17-28-25)26(31)29-32)22-8-6-21(7-9-22)20-4-2-19(3-5-20)18-30-11-14-34-15-12-30/h2-9,16-17,32H,10-15,18H2,1H3,(H,27,28)(H,29,31). The number of nitrogens with one attached hydrogen (secondary N) is 2. The van der Waals surface area contributed by atoms with E-state index in [0.29, 0.717) is 19.0 Å². The van der Waals surface area contributed by atoms with Gasteiger partial charge in [0.25, 0.3) is 5.91 Å². The molecule has 3 N–H and O–H groups in total. The van der Waals surface area contributed by atoms with Gasteiger partial charge in [-0.05, 0) is 28.3 Å². The van der Waals surface area contributed by atoms with Crippen molar-refractivity contribution < 1.29 is 19.5 Å². The SMILES string of the molecule is COCCNc1ncc(C(=O)NO)cc1-c1ccc(-c2ccc(CN3CCOCC3)cc2)cc1. The third-order valence-electron chi connectivity index (χ3n) is 5.84. The predicted molar refractivity (Wildman–Crippen MR) is 131 cm³/mol. The van der Waals surface area contributed by atoms with Crippen LogP contribution in [0, 0.1) is 0 Å². The molecular formula is C26H30N4O4. The van der Waals surface area contributed by atoms with Gasteiger partial charge in [0.05, 0.1) is 25.4 Å². The number of aromatic nitrogens is 1. The van der Waals surface area contributed by atoms with Crippen LogP contribution in [0.1, 0.15) is 15.9 Å². The fourth-order valence-electron chi connectivity index (χ4n) is 3.95. The van der Waals surface area contributed by atoms with Gasteiger partial charge in [-0.1, -0.05) is 48.5 Å². The molecule has 0 bridgehead atoms. The summed E-state index contributed by atoms with van der Waals surface area (Å²) in [6, 6.07) is 18.5. The van der Waals surface area contributed by atoms with E-state index >= 15 is 0 Å². The average Bonchev–Trinajstić information content (AvgIpc) is 2.90. The zero-order valence-electron chi connectivity index (χ0n) is 19.3. The molecular weight excluding hydrogens is 432 g/mol. The topological polar surface area (TPSA) is 96.0 Å².